The van der Waals surface area contributed by atoms with Crippen LogP contribution in [0, 0.1) is 11.3 Å². The SMILES string of the molecule is CC(=O)N[C@@H]1C(OCC#N)[C@@H](O)C(CO)O[C@@H]1OCc1ccccc1. The van der Waals surface area contributed by atoms with Crippen LogP contribution in [0.5, 0.6) is 0 Å². The maximum absolute atomic E-state index is 11.5. The average Bonchev–Trinajstić information content (AvgIpc) is 2.61. The lowest BCUT2D eigenvalue weighted by Crippen LogP contribution is -2.65. The Hall–Kier alpha value is -2.02. The molecule has 0 saturated carbocycles. The number of ether oxygens (including phenoxy) is 3. The standard InChI is InChI=1S/C17H22N2O6/c1-11(21)19-14-16(23-8-7-18)15(22)13(9-20)25-17(14)24-10-12-5-3-2-4-6-12/h2-6,13-17,20,22H,8-10H2,1H3,(H,19,21)/t13?,14-,15+,16?,17+/m1/s1. The Kier molecular flexibility index (Phi) is 7.31. The highest BCUT2D eigenvalue weighted by molar-refractivity contribution is 5.73. The number of hydrogen-bond acceptors (Lipinski definition) is 7. The predicted octanol–water partition coefficient (Wildman–Crippen LogP) is -0.305. The molecule has 25 heavy (non-hydrogen) atoms. The van der Waals surface area contributed by atoms with Crippen LogP contribution < -0.4 is 5.32 Å². The van der Waals surface area contributed by atoms with Crippen LogP contribution in [0.3, 0.4) is 0 Å². The van der Waals surface area contributed by atoms with Crippen molar-refractivity contribution in [2.45, 2.75) is 44.2 Å². The van der Waals surface area contributed by atoms with E-state index in [0.717, 1.165) is 5.56 Å². The van der Waals surface area contributed by atoms with Gasteiger partial charge >= 0.3 is 0 Å². The van der Waals surface area contributed by atoms with E-state index in [1.165, 1.54) is 6.92 Å². The molecule has 1 aromatic carbocycles. The third-order valence-electron chi connectivity index (χ3n) is 3.82. The Morgan fingerprint density at radius 1 is 1.36 bits per heavy atom. The molecule has 1 aromatic rings. The largest absolute Gasteiger partial charge is 0.394 e. The van der Waals surface area contributed by atoms with Crippen LogP contribution in [0.25, 0.3) is 0 Å². The first-order valence-corrected chi connectivity index (χ1v) is 7.92. The van der Waals surface area contributed by atoms with E-state index in [4.69, 9.17) is 19.5 Å². The molecule has 3 N–H and O–H groups in total. The van der Waals surface area contributed by atoms with E-state index in [0.29, 0.717) is 0 Å². The van der Waals surface area contributed by atoms with Gasteiger partial charge in [0.05, 0.1) is 19.3 Å². The second kappa shape index (κ2) is 9.46. The third-order valence-corrected chi connectivity index (χ3v) is 3.82. The zero-order valence-corrected chi connectivity index (χ0v) is 13.9. The van der Waals surface area contributed by atoms with E-state index in [-0.39, 0.29) is 19.1 Å². The number of benzene rings is 1. The summed E-state index contributed by atoms with van der Waals surface area (Å²) in [4.78, 5) is 11.5. The predicted molar refractivity (Wildman–Crippen MR) is 85.9 cm³/mol. The summed E-state index contributed by atoms with van der Waals surface area (Å²) in [5, 5.41) is 31.1. The molecule has 1 aliphatic rings. The second-order valence-electron chi connectivity index (χ2n) is 5.67. The highest BCUT2D eigenvalue weighted by Crippen LogP contribution is 2.25. The number of carbonyl (C=O) groups excluding carboxylic acids is 1. The molecular formula is C17H22N2O6. The van der Waals surface area contributed by atoms with Crippen LogP contribution >= 0.6 is 0 Å². The van der Waals surface area contributed by atoms with Crippen molar-refractivity contribution < 1.29 is 29.2 Å². The summed E-state index contributed by atoms with van der Waals surface area (Å²) < 4.78 is 16.7. The fraction of sp³-hybridized carbons (Fsp3) is 0.529. The van der Waals surface area contributed by atoms with Crippen molar-refractivity contribution >= 4 is 5.91 Å². The van der Waals surface area contributed by atoms with Crippen LogP contribution in [0.1, 0.15) is 12.5 Å². The van der Waals surface area contributed by atoms with Crippen molar-refractivity contribution in [1.82, 2.24) is 5.32 Å². The smallest absolute Gasteiger partial charge is 0.217 e. The molecule has 0 aliphatic carbocycles. The number of nitrogens with zero attached hydrogens (tertiary/aromatic N) is 1. The summed E-state index contributed by atoms with van der Waals surface area (Å²) in [5.74, 6) is -0.359. The average molecular weight is 350 g/mol. The molecule has 1 aliphatic heterocycles. The topological polar surface area (TPSA) is 121 Å². The van der Waals surface area contributed by atoms with Crippen molar-refractivity contribution in [3.8, 4) is 6.07 Å². The quantitative estimate of drug-likeness (QED) is 0.617. The van der Waals surface area contributed by atoms with Gasteiger partial charge in [-0.05, 0) is 5.56 Å². The third kappa shape index (κ3) is 5.22. The van der Waals surface area contributed by atoms with Gasteiger partial charge in [-0.25, -0.2) is 0 Å². The van der Waals surface area contributed by atoms with Crippen LogP contribution in [0.2, 0.25) is 0 Å². The molecule has 0 bridgehead atoms. The van der Waals surface area contributed by atoms with Crippen LogP contribution in [0.15, 0.2) is 30.3 Å². The molecule has 1 fully saturated rings. The van der Waals surface area contributed by atoms with E-state index in [9.17, 15) is 15.0 Å². The normalized spacial score (nSPS) is 29.0. The molecule has 1 amide bonds. The number of amides is 1. The fourth-order valence-corrected chi connectivity index (χ4v) is 2.68. The van der Waals surface area contributed by atoms with Gasteiger partial charge in [0, 0.05) is 6.92 Å². The van der Waals surface area contributed by atoms with Gasteiger partial charge in [0.25, 0.3) is 0 Å². The van der Waals surface area contributed by atoms with Gasteiger partial charge in [0.15, 0.2) is 6.29 Å². The number of nitrogens with one attached hydrogen (secondary N) is 1. The Balaban J connectivity index is 2.16. The van der Waals surface area contributed by atoms with Crippen LogP contribution in [-0.2, 0) is 25.6 Å². The first-order chi connectivity index (χ1) is 12.1. The summed E-state index contributed by atoms with van der Waals surface area (Å²) in [6.45, 7) is 0.799. The highest BCUT2D eigenvalue weighted by atomic mass is 16.7. The first-order valence-electron chi connectivity index (χ1n) is 7.92. The molecule has 0 radical (unpaired) electrons. The van der Waals surface area contributed by atoms with Gasteiger partial charge in [0.2, 0.25) is 5.91 Å². The maximum Gasteiger partial charge on any atom is 0.217 e. The second-order valence-corrected chi connectivity index (χ2v) is 5.67. The molecule has 0 spiro atoms. The fourth-order valence-electron chi connectivity index (χ4n) is 2.68. The number of aliphatic hydroxyl groups is 2. The van der Waals surface area contributed by atoms with Crippen LogP contribution in [-0.4, -0.2) is 60.0 Å². The molecule has 8 heteroatoms. The highest BCUT2D eigenvalue weighted by Gasteiger charge is 2.46. The summed E-state index contributed by atoms with van der Waals surface area (Å²) in [6, 6.07) is 10.4. The molecule has 2 rings (SSSR count). The summed E-state index contributed by atoms with van der Waals surface area (Å²) in [5.41, 5.74) is 0.897. The van der Waals surface area contributed by atoms with Gasteiger partial charge in [-0.2, -0.15) is 5.26 Å². The monoisotopic (exact) mass is 350 g/mol. The van der Waals surface area contributed by atoms with Crippen molar-refractivity contribution in [2.75, 3.05) is 13.2 Å². The van der Waals surface area contributed by atoms with Gasteiger partial charge < -0.3 is 29.7 Å². The van der Waals surface area contributed by atoms with Gasteiger partial charge in [-0.15, -0.1) is 0 Å². The maximum atomic E-state index is 11.5. The minimum absolute atomic E-state index is 0.209. The molecule has 0 aromatic heterocycles. The molecule has 136 valence electrons. The van der Waals surface area contributed by atoms with Crippen molar-refractivity contribution in [3.63, 3.8) is 0 Å². The summed E-state index contributed by atoms with van der Waals surface area (Å²) in [7, 11) is 0. The summed E-state index contributed by atoms with van der Waals surface area (Å²) >= 11 is 0. The lowest BCUT2D eigenvalue weighted by molar-refractivity contribution is -0.278. The molecule has 1 heterocycles. The molecule has 8 nitrogen and oxygen atoms in total. The lowest BCUT2D eigenvalue weighted by atomic mass is 9.96. The van der Waals surface area contributed by atoms with Gasteiger partial charge in [0.1, 0.15) is 31.0 Å². The number of nitriles is 1. The molecule has 5 atom stereocenters. The zero-order valence-electron chi connectivity index (χ0n) is 13.9. The molecule has 1 saturated heterocycles. The first kappa shape index (κ1) is 19.3. The zero-order chi connectivity index (χ0) is 18.2. The van der Waals surface area contributed by atoms with Gasteiger partial charge in [-0.1, -0.05) is 30.3 Å². The van der Waals surface area contributed by atoms with Crippen LogP contribution in [0.4, 0.5) is 0 Å². The Labute approximate surface area is 145 Å². The number of rotatable bonds is 7. The Bertz CT molecular complexity index is 591. The van der Waals surface area contributed by atoms with Gasteiger partial charge in [-0.3, -0.25) is 4.79 Å². The summed E-state index contributed by atoms with van der Waals surface area (Å²) in [6.07, 6.45) is -4.06. The molecular weight excluding hydrogens is 328 g/mol. The van der Waals surface area contributed by atoms with E-state index in [1.807, 2.05) is 36.4 Å². The van der Waals surface area contributed by atoms with Crippen molar-refractivity contribution in [1.29, 1.82) is 5.26 Å². The number of carbonyl (C=O) groups is 1. The van der Waals surface area contributed by atoms with Crippen molar-refractivity contribution in [2.24, 2.45) is 0 Å². The Morgan fingerprint density at radius 2 is 2.08 bits per heavy atom. The van der Waals surface area contributed by atoms with Crippen molar-refractivity contribution in [3.05, 3.63) is 35.9 Å². The lowest BCUT2D eigenvalue weighted by Gasteiger charge is -2.43. The Morgan fingerprint density at radius 3 is 2.68 bits per heavy atom. The minimum Gasteiger partial charge on any atom is -0.394 e. The molecule has 2 unspecified atom stereocenters. The van der Waals surface area contributed by atoms with E-state index >= 15 is 0 Å². The van der Waals surface area contributed by atoms with E-state index < -0.39 is 37.3 Å². The van der Waals surface area contributed by atoms with E-state index in [1.54, 1.807) is 0 Å². The number of aliphatic hydroxyl groups excluding tert-OH is 2. The minimum atomic E-state index is -1.22. The van der Waals surface area contributed by atoms with E-state index in [2.05, 4.69) is 5.32 Å². The number of hydrogen-bond donors (Lipinski definition) is 3.